The summed E-state index contributed by atoms with van der Waals surface area (Å²) in [6, 6.07) is 40.8. The van der Waals surface area contributed by atoms with Crippen molar-refractivity contribution in [2.24, 2.45) is 0 Å². The smallest absolute Gasteiger partial charge is 0.0159 e. The van der Waals surface area contributed by atoms with E-state index >= 15 is 0 Å². The highest BCUT2D eigenvalue weighted by Gasteiger charge is 2.36. The van der Waals surface area contributed by atoms with Crippen molar-refractivity contribution in [2.45, 2.75) is 19.3 Å². The lowest BCUT2D eigenvalue weighted by Crippen LogP contribution is -2.14. The Morgan fingerprint density at radius 1 is 0.457 bits per heavy atom. The minimum absolute atomic E-state index is 0.0152. The van der Waals surface area contributed by atoms with E-state index in [4.69, 9.17) is 0 Å². The van der Waals surface area contributed by atoms with Crippen LogP contribution in [0.1, 0.15) is 25.0 Å². The van der Waals surface area contributed by atoms with Gasteiger partial charge in [-0.15, -0.1) is 0 Å². The molecule has 35 heavy (non-hydrogen) atoms. The van der Waals surface area contributed by atoms with Crippen LogP contribution in [-0.4, -0.2) is 0 Å². The van der Waals surface area contributed by atoms with Gasteiger partial charge >= 0.3 is 0 Å². The van der Waals surface area contributed by atoms with Crippen LogP contribution in [-0.2, 0) is 5.41 Å². The zero-order valence-corrected chi connectivity index (χ0v) is 19.9. The molecule has 0 saturated carbocycles. The van der Waals surface area contributed by atoms with Crippen LogP contribution in [0.5, 0.6) is 0 Å². The molecular formula is C35H24. The third kappa shape index (κ3) is 2.37. The number of hydrogen-bond donors (Lipinski definition) is 0. The summed E-state index contributed by atoms with van der Waals surface area (Å²) < 4.78 is 0. The zero-order chi connectivity index (χ0) is 23.3. The predicted octanol–water partition coefficient (Wildman–Crippen LogP) is 9.61. The van der Waals surface area contributed by atoms with Crippen LogP contribution in [0.25, 0.3) is 66.1 Å². The molecule has 0 fully saturated rings. The Bertz CT molecular complexity index is 1860. The fraction of sp³-hybridized carbons (Fsp3) is 0.0857. The highest BCUT2D eigenvalue weighted by atomic mass is 14.4. The average Bonchev–Trinajstić information content (AvgIpc) is 3.33. The molecule has 0 bridgehead atoms. The second-order valence-electron chi connectivity index (χ2n) is 10.5. The van der Waals surface area contributed by atoms with Gasteiger partial charge in [-0.3, -0.25) is 0 Å². The van der Waals surface area contributed by atoms with Crippen LogP contribution in [0.2, 0.25) is 0 Å². The van der Waals surface area contributed by atoms with Gasteiger partial charge in [0.15, 0.2) is 0 Å². The maximum atomic E-state index is 2.47. The molecule has 0 amide bonds. The van der Waals surface area contributed by atoms with E-state index in [-0.39, 0.29) is 5.41 Å². The molecule has 164 valence electrons. The lowest BCUT2D eigenvalue weighted by atomic mass is 9.80. The van der Waals surface area contributed by atoms with E-state index < -0.39 is 0 Å². The molecule has 0 nitrogen and oxygen atoms in total. The van der Waals surface area contributed by atoms with Crippen molar-refractivity contribution in [2.75, 3.05) is 0 Å². The van der Waals surface area contributed by atoms with Crippen molar-refractivity contribution in [1.29, 1.82) is 0 Å². The van der Waals surface area contributed by atoms with Crippen LogP contribution in [0.3, 0.4) is 0 Å². The van der Waals surface area contributed by atoms with E-state index in [0.29, 0.717) is 0 Å². The quantitative estimate of drug-likeness (QED) is 0.236. The normalized spacial score (nSPS) is 14.2. The van der Waals surface area contributed by atoms with Gasteiger partial charge in [0.2, 0.25) is 0 Å². The minimum Gasteiger partial charge on any atom is -0.0619 e. The van der Waals surface area contributed by atoms with E-state index in [0.717, 1.165) is 0 Å². The summed E-state index contributed by atoms with van der Waals surface area (Å²) in [5, 5.41) is 5.32. The summed E-state index contributed by atoms with van der Waals surface area (Å²) in [6.07, 6.45) is 0. The molecule has 0 atom stereocenters. The molecule has 0 unspecified atom stereocenters. The molecule has 8 rings (SSSR count). The van der Waals surface area contributed by atoms with Crippen molar-refractivity contribution in [3.63, 3.8) is 0 Å². The number of rotatable bonds is 1. The van der Waals surface area contributed by atoms with Crippen LogP contribution < -0.4 is 0 Å². The second-order valence-corrected chi connectivity index (χ2v) is 10.5. The maximum absolute atomic E-state index is 2.47. The first-order chi connectivity index (χ1) is 17.1. The Kier molecular flexibility index (Phi) is 3.56. The molecule has 0 radical (unpaired) electrons. The molecule has 0 saturated heterocycles. The highest BCUT2D eigenvalue weighted by molar-refractivity contribution is 6.22. The largest absolute Gasteiger partial charge is 0.0619 e. The van der Waals surface area contributed by atoms with Crippen LogP contribution in [0.15, 0.2) is 109 Å². The van der Waals surface area contributed by atoms with E-state index in [1.165, 1.54) is 77.2 Å². The van der Waals surface area contributed by atoms with Gasteiger partial charge < -0.3 is 0 Å². The average molecular weight is 445 g/mol. The topological polar surface area (TPSA) is 0 Å². The van der Waals surface area contributed by atoms with Crippen molar-refractivity contribution < 1.29 is 0 Å². The lowest BCUT2D eigenvalue weighted by Gasteiger charge is -2.23. The molecule has 0 heterocycles. The van der Waals surface area contributed by atoms with Gasteiger partial charge in [-0.2, -0.15) is 0 Å². The summed E-state index contributed by atoms with van der Waals surface area (Å²) in [5.41, 5.74) is 13.7. The number of fused-ring (bicyclic) bond motifs is 7. The lowest BCUT2D eigenvalue weighted by molar-refractivity contribution is 0.660. The zero-order valence-electron chi connectivity index (χ0n) is 19.9. The predicted molar refractivity (Wildman–Crippen MR) is 149 cm³/mol. The molecule has 0 aromatic heterocycles. The molecule has 2 aliphatic rings. The third-order valence-electron chi connectivity index (χ3n) is 8.39. The Labute approximate surface area is 205 Å². The number of benzene rings is 6. The van der Waals surface area contributed by atoms with Gasteiger partial charge in [0.25, 0.3) is 0 Å². The highest BCUT2D eigenvalue weighted by Crippen LogP contribution is 2.55. The van der Waals surface area contributed by atoms with E-state index in [1.807, 2.05) is 0 Å². The summed E-state index contributed by atoms with van der Waals surface area (Å²) >= 11 is 0. The van der Waals surface area contributed by atoms with Gasteiger partial charge in [-0.1, -0.05) is 111 Å². The van der Waals surface area contributed by atoms with Crippen molar-refractivity contribution >= 4 is 21.5 Å². The summed E-state index contributed by atoms with van der Waals surface area (Å²) in [4.78, 5) is 0. The van der Waals surface area contributed by atoms with Crippen molar-refractivity contribution in [1.82, 2.24) is 0 Å². The standard InChI is InChI=1S/C35H24/c1-35(2)30-16-6-5-13-25(30)26-18-17-23(20-31(26)35)33-24-12-4-3-9-22(24)19-29-27-14-7-10-21-11-8-15-28(32(21)27)34(29)33/h3-20H,1-2H3. The molecule has 0 aliphatic heterocycles. The third-order valence-corrected chi connectivity index (χ3v) is 8.39. The molecule has 6 aromatic rings. The van der Waals surface area contributed by atoms with Crippen LogP contribution >= 0.6 is 0 Å². The van der Waals surface area contributed by atoms with E-state index in [2.05, 4.69) is 123 Å². The molecular weight excluding hydrogens is 420 g/mol. The molecule has 0 spiro atoms. The first-order valence-corrected chi connectivity index (χ1v) is 12.5. The molecule has 0 heteroatoms. The van der Waals surface area contributed by atoms with Crippen molar-refractivity contribution in [3.05, 3.63) is 120 Å². The van der Waals surface area contributed by atoms with Gasteiger partial charge in [-0.05, 0) is 89.3 Å². The Morgan fingerprint density at radius 2 is 1.14 bits per heavy atom. The van der Waals surface area contributed by atoms with Crippen LogP contribution in [0, 0.1) is 0 Å². The summed E-state index contributed by atoms with van der Waals surface area (Å²) in [5.74, 6) is 0. The van der Waals surface area contributed by atoms with Crippen LogP contribution in [0.4, 0.5) is 0 Å². The first kappa shape index (κ1) is 19.2. The SMILES string of the molecule is CC1(C)c2ccccc2-c2ccc(-c3c4c(cc5ccccc35)-c3cccc5cccc-4c35)cc21. The van der Waals surface area contributed by atoms with E-state index in [9.17, 15) is 0 Å². The first-order valence-electron chi connectivity index (χ1n) is 12.5. The maximum Gasteiger partial charge on any atom is 0.0159 e. The molecule has 0 N–H and O–H groups in total. The summed E-state index contributed by atoms with van der Waals surface area (Å²) in [7, 11) is 0. The van der Waals surface area contributed by atoms with Gasteiger partial charge in [0.05, 0.1) is 0 Å². The Balaban J connectivity index is 1.49. The monoisotopic (exact) mass is 444 g/mol. The summed E-state index contributed by atoms with van der Waals surface area (Å²) in [6.45, 7) is 4.73. The fourth-order valence-corrected chi connectivity index (χ4v) is 6.77. The van der Waals surface area contributed by atoms with Crippen molar-refractivity contribution in [3.8, 4) is 44.5 Å². The fourth-order valence-electron chi connectivity index (χ4n) is 6.77. The molecule has 6 aromatic carbocycles. The van der Waals surface area contributed by atoms with Gasteiger partial charge in [0, 0.05) is 5.41 Å². The second kappa shape index (κ2) is 6.49. The molecule has 2 aliphatic carbocycles. The Hall–Kier alpha value is -4.16. The Morgan fingerprint density at radius 3 is 2.03 bits per heavy atom. The minimum atomic E-state index is -0.0152. The van der Waals surface area contributed by atoms with Gasteiger partial charge in [0.1, 0.15) is 0 Å². The van der Waals surface area contributed by atoms with Gasteiger partial charge in [-0.25, -0.2) is 0 Å². The van der Waals surface area contributed by atoms with E-state index in [1.54, 1.807) is 0 Å². The number of hydrogen-bond acceptors (Lipinski definition) is 0.